The molecule has 0 saturated heterocycles. The highest BCUT2D eigenvalue weighted by molar-refractivity contribution is 5.69. The predicted molar refractivity (Wildman–Crippen MR) is 66.6 cm³/mol. The lowest BCUT2D eigenvalue weighted by molar-refractivity contribution is -0.143. The van der Waals surface area contributed by atoms with Crippen LogP contribution in [-0.2, 0) is 16.0 Å². The first-order valence-electron chi connectivity index (χ1n) is 6.09. The smallest absolute Gasteiger partial charge is 0.305 e. The van der Waals surface area contributed by atoms with E-state index >= 15 is 0 Å². The van der Waals surface area contributed by atoms with Crippen LogP contribution in [0.2, 0.25) is 0 Å². The first-order valence-corrected chi connectivity index (χ1v) is 6.09. The van der Waals surface area contributed by atoms with Crippen LogP contribution < -0.4 is 0 Å². The summed E-state index contributed by atoms with van der Waals surface area (Å²) in [4.78, 5) is 11.1. The topological polar surface area (TPSA) is 46.5 Å². The Kier molecular flexibility index (Phi) is 5.70. The van der Waals surface area contributed by atoms with Crippen molar-refractivity contribution in [3.63, 3.8) is 0 Å². The standard InChI is InChI=1S/C14H20O3/c1-3-11-5-7-12(8-6-11)13(15)9-10-14(16)17-4-2/h5-8,13,15H,3-4,9-10H2,1-2H3. The number of ether oxygens (including phenoxy) is 1. The molecule has 1 aromatic rings. The van der Waals surface area contributed by atoms with Crippen molar-refractivity contribution >= 4 is 5.97 Å². The van der Waals surface area contributed by atoms with Crippen molar-refractivity contribution in [2.75, 3.05) is 6.61 Å². The molecule has 0 spiro atoms. The van der Waals surface area contributed by atoms with Crippen molar-refractivity contribution in [3.05, 3.63) is 35.4 Å². The number of rotatable bonds is 6. The summed E-state index contributed by atoms with van der Waals surface area (Å²) in [5, 5.41) is 9.89. The molecule has 17 heavy (non-hydrogen) atoms. The van der Waals surface area contributed by atoms with Gasteiger partial charge in [0, 0.05) is 6.42 Å². The summed E-state index contributed by atoms with van der Waals surface area (Å²) < 4.78 is 4.81. The molecule has 0 amide bonds. The van der Waals surface area contributed by atoms with Crippen molar-refractivity contribution in [2.24, 2.45) is 0 Å². The number of benzene rings is 1. The zero-order chi connectivity index (χ0) is 12.7. The van der Waals surface area contributed by atoms with Crippen molar-refractivity contribution < 1.29 is 14.6 Å². The average molecular weight is 236 g/mol. The van der Waals surface area contributed by atoms with Gasteiger partial charge < -0.3 is 9.84 Å². The molecule has 0 fully saturated rings. The Morgan fingerprint density at radius 3 is 2.47 bits per heavy atom. The Morgan fingerprint density at radius 1 is 1.29 bits per heavy atom. The van der Waals surface area contributed by atoms with E-state index in [0.717, 1.165) is 12.0 Å². The zero-order valence-corrected chi connectivity index (χ0v) is 10.5. The molecule has 3 nitrogen and oxygen atoms in total. The number of hydrogen-bond donors (Lipinski definition) is 1. The SMILES string of the molecule is CCOC(=O)CCC(O)c1ccc(CC)cc1. The van der Waals surface area contributed by atoms with Gasteiger partial charge in [0.15, 0.2) is 0 Å². The van der Waals surface area contributed by atoms with Gasteiger partial charge in [0.1, 0.15) is 0 Å². The van der Waals surface area contributed by atoms with Crippen LogP contribution in [0.25, 0.3) is 0 Å². The van der Waals surface area contributed by atoms with E-state index in [-0.39, 0.29) is 12.4 Å². The minimum absolute atomic E-state index is 0.253. The van der Waals surface area contributed by atoms with Crippen LogP contribution in [0.5, 0.6) is 0 Å². The Morgan fingerprint density at radius 2 is 1.94 bits per heavy atom. The Bertz CT molecular complexity index is 343. The third-order valence-corrected chi connectivity index (χ3v) is 2.70. The fourth-order valence-corrected chi connectivity index (χ4v) is 1.63. The summed E-state index contributed by atoms with van der Waals surface area (Å²) in [7, 11) is 0. The number of hydrogen-bond acceptors (Lipinski definition) is 3. The Hall–Kier alpha value is -1.35. The highest BCUT2D eigenvalue weighted by Crippen LogP contribution is 2.19. The number of carbonyl (C=O) groups is 1. The van der Waals surface area contributed by atoms with E-state index in [2.05, 4.69) is 6.92 Å². The third-order valence-electron chi connectivity index (χ3n) is 2.70. The Labute approximate surface area is 102 Å². The quantitative estimate of drug-likeness (QED) is 0.772. The minimum atomic E-state index is -0.592. The van der Waals surface area contributed by atoms with Crippen LogP contribution in [-0.4, -0.2) is 17.7 Å². The molecule has 1 unspecified atom stereocenters. The lowest BCUT2D eigenvalue weighted by atomic mass is 10.0. The van der Waals surface area contributed by atoms with E-state index in [1.807, 2.05) is 24.3 Å². The van der Waals surface area contributed by atoms with Crippen LogP contribution in [0.15, 0.2) is 24.3 Å². The summed E-state index contributed by atoms with van der Waals surface area (Å²) >= 11 is 0. The summed E-state index contributed by atoms with van der Waals surface area (Å²) in [6, 6.07) is 7.83. The molecule has 0 aliphatic heterocycles. The van der Waals surface area contributed by atoms with E-state index in [9.17, 15) is 9.90 Å². The van der Waals surface area contributed by atoms with Gasteiger partial charge in [-0.3, -0.25) is 4.79 Å². The molecule has 1 N–H and O–H groups in total. The molecule has 1 rings (SSSR count). The second-order valence-corrected chi connectivity index (χ2v) is 3.95. The number of aliphatic hydroxyl groups is 1. The summed E-state index contributed by atoms with van der Waals surface area (Å²) in [5.74, 6) is -0.253. The molecule has 1 aromatic carbocycles. The number of esters is 1. The monoisotopic (exact) mass is 236 g/mol. The molecule has 3 heteroatoms. The van der Waals surface area contributed by atoms with Gasteiger partial charge in [-0.25, -0.2) is 0 Å². The average Bonchev–Trinajstić information content (AvgIpc) is 2.36. The fourth-order valence-electron chi connectivity index (χ4n) is 1.63. The van der Waals surface area contributed by atoms with E-state index in [4.69, 9.17) is 4.74 Å². The first kappa shape index (κ1) is 13.7. The van der Waals surface area contributed by atoms with Crippen LogP contribution >= 0.6 is 0 Å². The molecule has 94 valence electrons. The highest BCUT2D eigenvalue weighted by Gasteiger charge is 2.10. The van der Waals surface area contributed by atoms with Gasteiger partial charge in [-0.05, 0) is 30.9 Å². The van der Waals surface area contributed by atoms with Crippen LogP contribution in [0.1, 0.15) is 43.9 Å². The van der Waals surface area contributed by atoms with Gasteiger partial charge in [0.2, 0.25) is 0 Å². The zero-order valence-electron chi connectivity index (χ0n) is 10.5. The maximum atomic E-state index is 11.1. The molecule has 1 atom stereocenters. The van der Waals surface area contributed by atoms with E-state index < -0.39 is 6.10 Å². The molecular weight excluding hydrogens is 216 g/mol. The van der Waals surface area contributed by atoms with Crippen molar-refractivity contribution in [3.8, 4) is 0 Å². The normalized spacial score (nSPS) is 12.2. The lowest BCUT2D eigenvalue weighted by Crippen LogP contribution is -2.07. The third kappa shape index (κ3) is 4.57. The number of aryl methyl sites for hydroxylation is 1. The van der Waals surface area contributed by atoms with E-state index in [1.54, 1.807) is 6.92 Å². The molecule has 0 heterocycles. The first-order chi connectivity index (χ1) is 8.17. The molecule has 0 bridgehead atoms. The van der Waals surface area contributed by atoms with Gasteiger partial charge in [-0.1, -0.05) is 31.2 Å². The minimum Gasteiger partial charge on any atom is -0.466 e. The number of carbonyl (C=O) groups excluding carboxylic acids is 1. The Balaban J connectivity index is 2.46. The van der Waals surface area contributed by atoms with E-state index in [0.29, 0.717) is 13.0 Å². The van der Waals surface area contributed by atoms with Gasteiger partial charge in [-0.2, -0.15) is 0 Å². The maximum absolute atomic E-state index is 11.1. The molecule has 0 aliphatic carbocycles. The molecule has 0 aliphatic rings. The van der Waals surface area contributed by atoms with Gasteiger partial charge in [-0.15, -0.1) is 0 Å². The van der Waals surface area contributed by atoms with Gasteiger partial charge >= 0.3 is 5.97 Å². The number of aliphatic hydroxyl groups excluding tert-OH is 1. The highest BCUT2D eigenvalue weighted by atomic mass is 16.5. The van der Waals surface area contributed by atoms with E-state index in [1.165, 1.54) is 5.56 Å². The van der Waals surface area contributed by atoms with Crippen molar-refractivity contribution in [1.29, 1.82) is 0 Å². The van der Waals surface area contributed by atoms with Crippen molar-refractivity contribution in [1.82, 2.24) is 0 Å². The summed E-state index contributed by atoms with van der Waals surface area (Å²) in [6.45, 7) is 4.25. The molecule has 0 radical (unpaired) electrons. The molecule has 0 saturated carbocycles. The molecular formula is C14H20O3. The van der Waals surface area contributed by atoms with Crippen LogP contribution in [0.3, 0.4) is 0 Å². The largest absolute Gasteiger partial charge is 0.466 e. The van der Waals surface area contributed by atoms with Gasteiger partial charge in [0.25, 0.3) is 0 Å². The van der Waals surface area contributed by atoms with Crippen LogP contribution in [0, 0.1) is 0 Å². The predicted octanol–water partition coefficient (Wildman–Crippen LogP) is 2.63. The molecule has 0 aromatic heterocycles. The summed E-state index contributed by atoms with van der Waals surface area (Å²) in [6.07, 6.45) is 1.05. The summed E-state index contributed by atoms with van der Waals surface area (Å²) in [5.41, 5.74) is 2.10. The lowest BCUT2D eigenvalue weighted by Gasteiger charge is -2.11. The fraction of sp³-hybridized carbons (Fsp3) is 0.500. The van der Waals surface area contributed by atoms with Crippen LogP contribution in [0.4, 0.5) is 0 Å². The van der Waals surface area contributed by atoms with Gasteiger partial charge in [0.05, 0.1) is 12.7 Å². The second kappa shape index (κ2) is 7.07. The maximum Gasteiger partial charge on any atom is 0.305 e. The van der Waals surface area contributed by atoms with Crippen molar-refractivity contribution in [2.45, 2.75) is 39.2 Å². The second-order valence-electron chi connectivity index (χ2n) is 3.95.